The highest BCUT2D eigenvalue weighted by atomic mass is 32.1. The first-order valence-electron chi connectivity index (χ1n) is 12.0. The molecule has 3 heterocycles. The Hall–Kier alpha value is -3.06. The molecule has 0 saturated carbocycles. The standard InChI is InChI=1S/C28H33N3O3S/c1-18(2)16-28(26(33)34)17-21(22-8-6-7-13-29-22)23(24-30-14-15-35-24)31(28)25(32)19-9-11-20(12-10-19)27(3,4)5/h6-15,18,21,23H,16-17H2,1-5H3,(H,33,34)/t21-,23+,28-/m0/s1. The predicted molar refractivity (Wildman–Crippen MR) is 138 cm³/mol. The number of aliphatic carboxylic acids is 1. The zero-order valence-corrected chi connectivity index (χ0v) is 21.7. The Morgan fingerprint density at radius 1 is 1.11 bits per heavy atom. The molecule has 1 saturated heterocycles. The molecule has 1 N–H and O–H groups in total. The van der Waals surface area contributed by atoms with Gasteiger partial charge in [-0.2, -0.15) is 0 Å². The Balaban J connectivity index is 1.89. The maximum Gasteiger partial charge on any atom is 0.329 e. The zero-order chi connectivity index (χ0) is 25.4. The first-order chi connectivity index (χ1) is 16.5. The summed E-state index contributed by atoms with van der Waals surface area (Å²) in [4.78, 5) is 38.0. The summed E-state index contributed by atoms with van der Waals surface area (Å²) < 4.78 is 0. The average Bonchev–Trinajstić information content (AvgIpc) is 3.45. The van der Waals surface area contributed by atoms with E-state index < -0.39 is 17.6 Å². The highest BCUT2D eigenvalue weighted by Crippen LogP contribution is 2.54. The molecule has 0 spiro atoms. The van der Waals surface area contributed by atoms with Gasteiger partial charge in [0.25, 0.3) is 5.91 Å². The highest BCUT2D eigenvalue weighted by molar-refractivity contribution is 7.09. The monoisotopic (exact) mass is 491 g/mol. The van der Waals surface area contributed by atoms with Gasteiger partial charge >= 0.3 is 5.97 Å². The smallest absolute Gasteiger partial charge is 0.329 e. The van der Waals surface area contributed by atoms with E-state index >= 15 is 0 Å². The molecular formula is C28H33N3O3S. The van der Waals surface area contributed by atoms with Crippen LogP contribution in [0.1, 0.15) is 86.0 Å². The van der Waals surface area contributed by atoms with Crippen LogP contribution in [0.3, 0.4) is 0 Å². The van der Waals surface area contributed by atoms with Crippen molar-refractivity contribution >= 4 is 23.2 Å². The van der Waals surface area contributed by atoms with Crippen molar-refractivity contribution in [3.63, 3.8) is 0 Å². The number of hydrogen-bond donors (Lipinski definition) is 1. The summed E-state index contributed by atoms with van der Waals surface area (Å²) in [6.07, 6.45) is 4.06. The lowest BCUT2D eigenvalue weighted by atomic mass is 9.82. The molecule has 0 radical (unpaired) electrons. The summed E-state index contributed by atoms with van der Waals surface area (Å²) in [5.74, 6) is -1.47. The van der Waals surface area contributed by atoms with Crippen LogP contribution in [-0.2, 0) is 10.2 Å². The third-order valence-electron chi connectivity index (χ3n) is 6.81. The molecule has 0 aliphatic carbocycles. The molecule has 0 bridgehead atoms. The van der Waals surface area contributed by atoms with E-state index in [4.69, 9.17) is 0 Å². The van der Waals surface area contributed by atoms with Crippen molar-refractivity contribution in [3.05, 3.63) is 82.1 Å². The summed E-state index contributed by atoms with van der Waals surface area (Å²) in [7, 11) is 0. The van der Waals surface area contributed by atoms with E-state index in [0.717, 1.165) is 16.3 Å². The number of pyridine rings is 1. The van der Waals surface area contributed by atoms with Gasteiger partial charge in [0, 0.05) is 34.9 Å². The molecule has 1 aliphatic rings. The van der Waals surface area contributed by atoms with Gasteiger partial charge in [0.05, 0.1) is 6.04 Å². The lowest BCUT2D eigenvalue weighted by molar-refractivity contribution is -0.150. The molecule has 1 amide bonds. The van der Waals surface area contributed by atoms with Crippen molar-refractivity contribution in [2.45, 2.75) is 70.4 Å². The van der Waals surface area contributed by atoms with Crippen molar-refractivity contribution in [3.8, 4) is 0 Å². The molecular weight excluding hydrogens is 458 g/mol. The number of carbonyl (C=O) groups is 2. The van der Waals surface area contributed by atoms with Gasteiger partial charge in [0.2, 0.25) is 0 Å². The molecule has 2 aromatic heterocycles. The fourth-order valence-corrected chi connectivity index (χ4v) is 6.04. The number of rotatable bonds is 6. The highest BCUT2D eigenvalue weighted by Gasteiger charge is 2.60. The van der Waals surface area contributed by atoms with E-state index in [-0.39, 0.29) is 29.6 Å². The van der Waals surface area contributed by atoms with E-state index in [0.29, 0.717) is 12.0 Å². The minimum atomic E-state index is -1.37. The fraction of sp³-hybridized carbons (Fsp3) is 0.429. The molecule has 6 nitrogen and oxygen atoms in total. The number of aromatic nitrogens is 2. The minimum absolute atomic E-state index is 0.0504. The number of hydrogen-bond acceptors (Lipinski definition) is 5. The Kier molecular flexibility index (Phi) is 6.82. The molecule has 184 valence electrons. The summed E-state index contributed by atoms with van der Waals surface area (Å²) in [6.45, 7) is 10.4. The molecule has 1 aliphatic heterocycles. The number of thiazole rings is 1. The SMILES string of the molecule is CC(C)C[C@@]1(C(=O)O)C[C@@H](c2ccccn2)[C@H](c2nccs2)N1C(=O)c1ccc(C(C)(C)C)cc1. The van der Waals surface area contributed by atoms with Crippen molar-refractivity contribution in [1.82, 2.24) is 14.9 Å². The maximum absolute atomic E-state index is 14.2. The molecule has 3 atom stereocenters. The lowest BCUT2D eigenvalue weighted by Gasteiger charge is -2.38. The van der Waals surface area contributed by atoms with E-state index in [1.165, 1.54) is 11.3 Å². The van der Waals surface area contributed by atoms with Gasteiger partial charge in [-0.05, 0) is 54.0 Å². The topological polar surface area (TPSA) is 83.4 Å². The van der Waals surface area contributed by atoms with Crippen molar-refractivity contribution in [2.75, 3.05) is 0 Å². The van der Waals surface area contributed by atoms with Crippen LogP contribution in [0.5, 0.6) is 0 Å². The number of amides is 1. The second-order valence-electron chi connectivity index (χ2n) is 10.8. The van der Waals surface area contributed by atoms with Crippen LogP contribution in [0.25, 0.3) is 0 Å². The van der Waals surface area contributed by atoms with Crippen LogP contribution < -0.4 is 0 Å². The van der Waals surface area contributed by atoms with Crippen molar-refractivity contribution in [2.24, 2.45) is 5.92 Å². The number of carbonyl (C=O) groups excluding carboxylic acids is 1. The normalized spacial score (nSPS) is 22.5. The summed E-state index contributed by atoms with van der Waals surface area (Å²) in [6, 6.07) is 12.7. The molecule has 35 heavy (non-hydrogen) atoms. The molecule has 4 rings (SSSR count). The maximum atomic E-state index is 14.2. The largest absolute Gasteiger partial charge is 0.479 e. The minimum Gasteiger partial charge on any atom is -0.479 e. The van der Waals surface area contributed by atoms with E-state index in [9.17, 15) is 14.7 Å². The first kappa shape index (κ1) is 25.0. The third-order valence-corrected chi connectivity index (χ3v) is 7.66. The number of carboxylic acids is 1. The summed E-state index contributed by atoms with van der Waals surface area (Å²) in [5.41, 5.74) is 0.957. The van der Waals surface area contributed by atoms with E-state index in [1.807, 2.05) is 61.7 Å². The number of nitrogens with zero attached hydrogens (tertiary/aromatic N) is 3. The van der Waals surface area contributed by atoms with Crippen LogP contribution in [0.15, 0.2) is 60.2 Å². The molecule has 1 aromatic carbocycles. The second-order valence-corrected chi connectivity index (χ2v) is 11.7. The van der Waals surface area contributed by atoms with Gasteiger partial charge in [-0.1, -0.05) is 52.8 Å². The van der Waals surface area contributed by atoms with Crippen LogP contribution in [0.4, 0.5) is 0 Å². The molecule has 1 fully saturated rings. The lowest BCUT2D eigenvalue weighted by Crippen LogP contribution is -2.54. The number of benzene rings is 1. The Morgan fingerprint density at radius 2 is 1.83 bits per heavy atom. The number of likely N-dealkylation sites (tertiary alicyclic amines) is 1. The quantitative estimate of drug-likeness (QED) is 0.452. The van der Waals surface area contributed by atoms with E-state index in [2.05, 4.69) is 30.7 Å². The van der Waals surface area contributed by atoms with Crippen molar-refractivity contribution < 1.29 is 14.7 Å². The van der Waals surface area contributed by atoms with Crippen LogP contribution in [0, 0.1) is 5.92 Å². The molecule has 3 aromatic rings. The first-order valence-corrected chi connectivity index (χ1v) is 12.9. The van der Waals surface area contributed by atoms with Gasteiger partial charge < -0.3 is 10.0 Å². The van der Waals surface area contributed by atoms with Crippen LogP contribution in [0.2, 0.25) is 0 Å². The van der Waals surface area contributed by atoms with Gasteiger partial charge in [0.15, 0.2) is 0 Å². The van der Waals surface area contributed by atoms with Crippen molar-refractivity contribution in [1.29, 1.82) is 0 Å². The van der Waals surface area contributed by atoms with Crippen LogP contribution in [-0.4, -0.2) is 37.4 Å². The summed E-state index contributed by atoms with van der Waals surface area (Å²) in [5, 5.41) is 13.3. The van der Waals surface area contributed by atoms with Gasteiger partial charge in [-0.15, -0.1) is 11.3 Å². The number of carboxylic acid groups (broad SMARTS) is 1. The molecule has 0 unspecified atom stereocenters. The fourth-order valence-electron chi connectivity index (χ4n) is 5.25. The average molecular weight is 492 g/mol. The van der Waals surface area contributed by atoms with Gasteiger partial charge in [-0.25, -0.2) is 9.78 Å². The van der Waals surface area contributed by atoms with E-state index in [1.54, 1.807) is 17.3 Å². The van der Waals surface area contributed by atoms with Gasteiger partial charge in [0.1, 0.15) is 10.5 Å². The summed E-state index contributed by atoms with van der Waals surface area (Å²) >= 11 is 1.45. The zero-order valence-electron chi connectivity index (χ0n) is 20.9. The Bertz CT molecular complexity index is 1170. The predicted octanol–water partition coefficient (Wildman–Crippen LogP) is 6.08. The Labute approximate surface area is 211 Å². The Morgan fingerprint density at radius 3 is 2.34 bits per heavy atom. The third kappa shape index (κ3) is 4.74. The van der Waals surface area contributed by atoms with Crippen LogP contribution >= 0.6 is 11.3 Å². The molecule has 7 heteroatoms. The second kappa shape index (κ2) is 9.53. The van der Waals surface area contributed by atoms with Gasteiger partial charge in [-0.3, -0.25) is 9.78 Å².